The zero-order valence-electron chi connectivity index (χ0n) is 18.9. The average molecular weight is 447 g/mol. The largest absolute Gasteiger partial charge is 0.508 e. The molecule has 0 radical (unpaired) electrons. The molecule has 1 amide bonds. The van der Waals surface area contributed by atoms with E-state index in [0.717, 1.165) is 48.3 Å². The Morgan fingerprint density at radius 1 is 0.794 bits per heavy atom. The number of hydrogen-bond acceptors (Lipinski definition) is 3. The summed E-state index contributed by atoms with van der Waals surface area (Å²) in [5, 5.41) is 13.6. The number of para-hydroxylation sites is 2. The van der Waals surface area contributed by atoms with Gasteiger partial charge < -0.3 is 15.3 Å². The normalized spacial score (nSPS) is 18.6. The van der Waals surface area contributed by atoms with Crippen molar-refractivity contribution in [2.45, 2.75) is 24.8 Å². The number of benzene rings is 4. The van der Waals surface area contributed by atoms with Crippen LogP contribution in [0.4, 0.5) is 11.4 Å². The fourth-order valence-electron chi connectivity index (χ4n) is 5.41. The Hall–Kier alpha value is -4.05. The molecule has 4 nitrogen and oxygen atoms in total. The zero-order valence-corrected chi connectivity index (χ0v) is 18.9. The number of phenols is 1. The second-order valence-corrected chi connectivity index (χ2v) is 9.18. The van der Waals surface area contributed by atoms with Crippen LogP contribution in [0.5, 0.6) is 5.75 Å². The number of phenolic OH excluding ortho intramolecular Hbond substituents is 1. The fraction of sp³-hybridized carbons (Fsp3) is 0.167. The van der Waals surface area contributed by atoms with Gasteiger partial charge in [0.25, 0.3) is 5.91 Å². The Kier molecular flexibility index (Phi) is 4.88. The van der Waals surface area contributed by atoms with E-state index in [-0.39, 0.29) is 11.7 Å². The number of rotatable bonds is 3. The first-order valence-corrected chi connectivity index (χ1v) is 11.8. The predicted octanol–water partition coefficient (Wildman–Crippen LogP) is 5.90. The van der Waals surface area contributed by atoms with Crippen molar-refractivity contribution in [2.24, 2.45) is 0 Å². The lowest BCUT2D eigenvalue weighted by Crippen LogP contribution is -2.36. The number of nitrogens with one attached hydrogen (secondary N) is 1. The third-order valence-corrected chi connectivity index (χ3v) is 7.16. The number of hydrogen-bond donors (Lipinski definition) is 2. The van der Waals surface area contributed by atoms with Gasteiger partial charge in [-0.15, -0.1) is 0 Å². The number of fused-ring (bicyclic) bond motifs is 2. The summed E-state index contributed by atoms with van der Waals surface area (Å²) in [6.45, 7) is 0.742. The number of amides is 1. The van der Waals surface area contributed by atoms with E-state index >= 15 is 0 Å². The topological polar surface area (TPSA) is 52.6 Å². The van der Waals surface area contributed by atoms with E-state index in [1.165, 1.54) is 11.1 Å². The van der Waals surface area contributed by atoms with Crippen molar-refractivity contribution in [3.05, 3.63) is 125 Å². The van der Waals surface area contributed by atoms with E-state index in [4.69, 9.17) is 0 Å². The monoisotopic (exact) mass is 446 g/mol. The highest BCUT2D eigenvalue weighted by Gasteiger charge is 2.40. The van der Waals surface area contributed by atoms with Gasteiger partial charge in [0.2, 0.25) is 0 Å². The number of anilines is 2. The second-order valence-electron chi connectivity index (χ2n) is 9.18. The average Bonchev–Trinajstić information content (AvgIpc) is 3.29. The Balaban J connectivity index is 1.36. The van der Waals surface area contributed by atoms with Crippen LogP contribution < -0.4 is 10.2 Å². The van der Waals surface area contributed by atoms with Gasteiger partial charge in [-0.05, 0) is 71.5 Å². The Morgan fingerprint density at radius 2 is 1.44 bits per heavy atom. The standard InChI is InChI=1S/C30H26N2O2/c33-26-17-15-25(16-18-26)30(20-23-7-1-3-9-27(23)31-30)24-13-11-22(12-14-24)29(34)32-19-5-8-21-6-2-4-10-28(21)32/h1-4,6-7,9-18,31,33H,5,8,19-20H2. The molecule has 34 heavy (non-hydrogen) atoms. The summed E-state index contributed by atoms with van der Waals surface area (Å²) in [7, 11) is 0. The third-order valence-electron chi connectivity index (χ3n) is 7.16. The van der Waals surface area contributed by atoms with Crippen molar-refractivity contribution in [2.75, 3.05) is 16.8 Å². The van der Waals surface area contributed by atoms with Gasteiger partial charge in [0.05, 0.1) is 5.54 Å². The summed E-state index contributed by atoms with van der Waals surface area (Å²) >= 11 is 0. The molecule has 0 fully saturated rings. The molecule has 2 aliphatic rings. The molecule has 0 saturated carbocycles. The van der Waals surface area contributed by atoms with Gasteiger partial charge in [0, 0.05) is 29.9 Å². The van der Waals surface area contributed by atoms with E-state index in [0.29, 0.717) is 5.56 Å². The van der Waals surface area contributed by atoms with Gasteiger partial charge in [-0.1, -0.05) is 60.7 Å². The molecule has 0 bridgehead atoms. The predicted molar refractivity (Wildman–Crippen MR) is 136 cm³/mol. The SMILES string of the molecule is O=C(c1ccc(C2(c3ccc(O)cc3)Cc3ccccc3N2)cc1)N1CCCc2ccccc21. The highest BCUT2D eigenvalue weighted by Crippen LogP contribution is 2.44. The van der Waals surface area contributed by atoms with Crippen LogP contribution in [0, 0.1) is 0 Å². The summed E-state index contributed by atoms with van der Waals surface area (Å²) in [5.41, 5.74) is 7.01. The molecule has 4 heteroatoms. The molecule has 0 aliphatic carbocycles. The van der Waals surface area contributed by atoms with Crippen molar-refractivity contribution in [3.8, 4) is 5.75 Å². The summed E-state index contributed by atoms with van der Waals surface area (Å²) in [6, 6.07) is 32.0. The van der Waals surface area contributed by atoms with Crippen LogP contribution >= 0.6 is 0 Å². The highest BCUT2D eigenvalue weighted by molar-refractivity contribution is 6.06. The van der Waals surface area contributed by atoms with Crippen molar-refractivity contribution in [1.29, 1.82) is 0 Å². The van der Waals surface area contributed by atoms with Crippen LogP contribution in [-0.2, 0) is 18.4 Å². The van der Waals surface area contributed by atoms with Crippen LogP contribution in [0.2, 0.25) is 0 Å². The lowest BCUT2D eigenvalue weighted by atomic mass is 9.80. The van der Waals surface area contributed by atoms with Gasteiger partial charge in [-0.3, -0.25) is 4.79 Å². The fourth-order valence-corrected chi connectivity index (χ4v) is 5.41. The molecule has 2 N–H and O–H groups in total. The summed E-state index contributed by atoms with van der Waals surface area (Å²) in [4.78, 5) is 15.4. The maximum Gasteiger partial charge on any atom is 0.258 e. The zero-order chi connectivity index (χ0) is 23.1. The molecule has 4 aromatic carbocycles. The number of carbonyl (C=O) groups excluding carboxylic acids is 1. The molecule has 168 valence electrons. The molecular weight excluding hydrogens is 420 g/mol. The summed E-state index contributed by atoms with van der Waals surface area (Å²) in [6.07, 6.45) is 2.79. The van der Waals surface area contributed by atoms with Crippen LogP contribution in [-0.4, -0.2) is 17.6 Å². The van der Waals surface area contributed by atoms with E-state index < -0.39 is 5.54 Å². The smallest absolute Gasteiger partial charge is 0.258 e. The first-order chi connectivity index (χ1) is 16.6. The molecule has 1 atom stereocenters. The molecule has 2 aliphatic heterocycles. The minimum absolute atomic E-state index is 0.0417. The molecule has 0 saturated heterocycles. The molecular formula is C30H26N2O2. The van der Waals surface area contributed by atoms with Crippen LogP contribution in [0.1, 0.15) is 39.0 Å². The maximum atomic E-state index is 13.4. The molecule has 1 unspecified atom stereocenters. The van der Waals surface area contributed by atoms with E-state index in [2.05, 4.69) is 41.7 Å². The molecule has 0 aromatic heterocycles. The lowest BCUT2D eigenvalue weighted by Gasteiger charge is -2.32. The summed E-state index contributed by atoms with van der Waals surface area (Å²) < 4.78 is 0. The number of aromatic hydroxyl groups is 1. The second kappa shape index (κ2) is 8.07. The molecule has 6 rings (SSSR count). The minimum atomic E-state index is -0.462. The van der Waals surface area contributed by atoms with Gasteiger partial charge in [0.1, 0.15) is 5.75 Å². The summed E-state index contributed by atoms with van der Waals surface area (Å²) in [5.74, 6) is 0.289. The van der Waals surface area contributed by atoms with Crippen molar-refractivity contribution in [3.63, 3.8) is 0 Å². The quantitative estimate of drug-likeness (QED) is 0.412. The van der Waals surface area contributed by atoms with Crippen LogP contribution in [0.3, 0.4) is 0 Å². The lowest BCUT2D eigenvalue weighted by molar-refractivity contribution is 0.0985. The molecule has 2 heterocycles. The maximum absolute atomic E-state index is 13.4. The van der Waals surface area contributed by atoms with Gasteiger partial charge in [0.15, 0.2) is 0 Å². The first kappa shape index (κ1) is 20.5. The van der Waals surface area contributed by atoms with Crippen molar-refractivity contribution >= 4 is 17.3 Å². The minimum Gasteiger partial charge on any atom is -0.508 e. The van der Waals surface area contributed by atoms with Crippen molar-refractivity contribution < 1.29 is 9.90 Å². The number of aryl methyl sites for hydroxylation is 1. The van der Waals surface area contributed by atoms with Crippen molar-refractivity contribution in [1.82, 2.24) is 0 Å². The van der Waals surface area contributed by atoms with Crippen LogP contribution in [0.15, 0.2) is 97.1 Å². The van der Waals surface area contributed by atoms with E-state index in [9.17, 15) is 9.90 Å². The van der Waals surface area contributed by atoms with Crippen LogP contribution in [0.25, 0.3) is 0 Å². The number of nitrogens with zero attached hydrogens (tertiary/aromatic N) is 1. The molecule has 0 spiro atoms. The van der Waals surface area contributed by atoms with E-state index in [1.807, 2.05) is 53.4 Å². The Labute approximate surface area is 199 Å². The highest BCUT2D eigenvalue weighted by atomic mass is 16.3. The van der Waals surface area contributed by atoms with E-state index in [1.54, 1.807) is 12.1 Å². The Morgan fingerprint density at radius 3 is 2.18 bits per heavy atom. The molecule has 4 aromatic rings. The van der Waals surface area contributed by atoms with Gasteiger partial charge in [-0.25, -0.2) is 0 Å². The number of carbonyl (C=O) groups is 1. The third kappa shape index (κ3) is 3.34. The first-order valence-electron chi connectivity index (χ1n) is 11.8. The van der Waals surface area contributed by atoms with Gasteiger partial charge in [-0.2, -0.15) is 0 Å². The Bertz CT molecular complexity index is 1330. The van der Waals surface area contributed by atoms with Gasteiger partial charge >= 0.3 is 0 Å².